The van der Waals surface area contributed by atoms with Crippen molar-refractivity contribution in [2.75, 3.05) is 13.7 Å². The highest BCUT2D eigenvalue weighted by Gasteiger charge is 2.13. The van der Waals surface area contributed by atoms with Gasteiger partial charge in [-0.1, -0.05) is 30.3 Å². The van der Waals surface area contributed by atoms with Crippen LogP contribution in [0.5, 0.6) is 0 Å². The summed E-state index contributed by atoms with van der Waals surface area (Å²) in [5.41, 5.74) is 0.993. The Morgan fingerprint density at radius 2 is 1.94 bits per heavy atom. The Kier molecular flexibility index (Phi) is 5.49. The van der Waals surface area contributed by atoms with E-state index in [4.69, 9.17) is 9.47 Å². The molecule has 94 valence electrons. The number of rotatable bonds is 5. The maximum atomic E-state index is 11.3. The van der Waals surface area contributed by atoms with E-state index in [0.717, 1.165) is 5.56 Å². The van der Waals surface area contributed by atoms with Gasteiger partial charge < -0.3 is 14.8 Å². The Bertz CT molecular complexity index is 338. The third-order valence-corrected chi connectivity index (χ3v) is 2.23. The molecule has 17 heavy (non-hydrogen) atoms. The predicted molar refractivity (Wildman–Crippen MR) is 65.8 cm³/mol. The minimum Gasteiger partial charge on any atom is -0.446 e. The zero-order valence-electron chi connectivity index (χ0n) is 10.5. The molecule has 0 aliphatic heterocycles. The summed E-state index contributed by atoms with van der Waals surface area (Å²) in [6.07, 6.45) is -0.646. The van der Waals surface area contributed by atoms with Crippen LogP contribution in [0.4, 0.5) is 4.79 Å². The zero-order valence-corrected chi connectivity index (χ0v) is 10.5. The minimum atomic E-state index is -0.419. The summed E-state index contributed by atoms with van der Waals surface area (Å²) in [4.78, 5) is 11.3. The molecule has 0 aliphatic rings. The normalized spacial score (nSPS) is 12.2. The molecule has 0 bridgehead atoms. The van der Waals surface area contributed by atoms with Gasteiger partial charge in [-0.3, -0.25) is 0 Å². The molecule has 1 aromatic carbocycles. The van der Waals surface area contributed by atoms with E-state index in [-0.39, 0.29) is 18.8 Å². The van der Waals surface area contributed by atoms with Crippen molar-refractivity contribution >= 4 is 6.09 Å². The second-order valence-electron chi connectivity index (χ2n) is 4.03. The fraction of sp³-hybridized carbons (Fsp3) is 0.462. The third-order valence-electron chi connectivity index (χ3n) is 2.23. The van der Waals surface area contributed by atoms with E-state index >= 15 is 0 Å². The average Bonchev–Trinajstić information content (AvgIpc) is 2.30. The number of benzene rings is 1. The Hall–Kier alpha value is -1.55. The number of amides is 1. The molecule has 0 spiro atoms. The van der Waals surface area contributed by atoms with Crippen molar-refractivity contribution < 1.29 is 14.3 Å². The van der Waals surface area contributed by atoms with Crippen molar-refractivity contribution in [2.24, 2.45) is 0 Å². The van der Waals surface area contributed by atoms with Crippen LogP contribution in [0.15, 0.2) is 30.3 Å². The van der Waals surface area contributed by atoms with Gasteiger partial charge in [0.25, 0.3) is 0 Å². The number of hydrogen-bond acceptors (Lipinski definition) is 3. The van der Waals surface area contributed by atoms with Crippen LogP contribution in [0.3, 0.4) is 0 Å². The van der Waals surface area contributed by atoms with Crippen LogP contribution in [0.1, 0.15) is 25.5 Å². The minimum absolute atomic E-state index is 0.0696. The number of methoxy groups -OCH3 is 1. The quantitative estimate of drug-likeness (QED) is 0.856. The highest BCUT2D eigenvalue weighted by Crippen LogP contribution is 2.16. The first-order chi connectivity index (χ1) is 8.13. The lowest BCUT2D eigenvalue weighted by Gasteiger charge is -2.16. The molecule has 0 saturated heterocycles. The third kappa shape index (κ3) is 4.87. The van der Waals surface area contributed by atoms with Crippen LogP contribution in [-0.4, -0.2) is 25.9 Å². The summed E-state index contributed by atoms with van der Waals surface area (Å²) in [7, 11) is 1.60. The second kappa shape index (κ2) is 6.91. The maximum Gasteiger partial charge on any atom is 0.407 e. The molecule has 0 heterocycles. The molecular formula is C13H19NO3. The highest BCUT2D eigenvalue weighted by molar-refractivity contribution is 5.67. The standard InChI is InChI=1S/C13H19NO3/c1-10(2)14-13(15)17-9-12(16-3)11-7-5-4-6-8-11/h4-8,10,12H,9H2,1-3H3,(H,14,15). The molecular weight excluding hydrogens is 218 g/mol. The van der Waals surface area contributed by atoms with Crippen molar-refractivity contribution in [3.05, 3.63) is 35.9 Å². The van der Waals surface area contributed by atoms with Crippen molar-refractivity contribution in [2.45, 2.75) is 26.0 Å². The van der Waals surface area contributed by atoms with Gasteiger partial charge in [0.2, 0.25) is 0 Å². The highest BCUT2D eigenvalue weighted by atomic mass is 16.6. The number of hydrogen-bond donors (Lipinski definition) is 1. The Morgan fingerprint density at radius 1 is 1.29 bits per heavy atom. The lowest BCUT2D eigenvalue weighted by atomic mass is 10.1. The van der Waals surface area contributed by atoms with E-state index in [2.05, 4.69) is 5.32 Å². The molecule has 1 unspecified atom stereocenters. The maximum absolute atomic E-state index is 11.3. The van der Waals surface area contributed by atoms with Crippen LogP contribution in [0.25, 0.3) is 0 Å². The molecule has 0 aromatic heterocycles. The summed E-state index contributed by atoms with van der Waals surface area (Å²) in [6, 6.07) is 9.74. The molecule has 1 amide bonds. The number of carbonyl (C=O) groups excluding carboxylic acids is 1. The van der Waals surface area contributed by atoms with Crippen molar-refractivity contribution in [3.63, 3.8) is 0 Å². The molecule has 0 saturated carbocycles. The molecule has 1 aromatic rings. The molecule has 0 aliphatic carbocycles. The van der Waals surface area contributed by atoms with Crippen LogP contribution in [-0.2, 0) is 9.47 Å². The molecule has 4 nitrogen and oxygen atoms in total. The monoisotopic (exact) mass is 237 g/mol. The van der Waals surface area contributed by atoms with Crippen LogP contribution in [0.2, 0.25) is 0 Å². The van der Waals surface area contributed by atoms with E-state index in [1.165, 1.54) is 0 Å². The first-order valence-electron chi connectivity index (χ1n) is 5.64. The molecule has 0 fully saturated rings. The van der Waals surface area contributed by atoms with E-state index in [1.54, 1.807) is 7.11 Å². The first kappa shape index (κ1) is 13.5. The van der Waals surface area contributed by atoms with Gasteiger partial charge in [-0.25, -0.2) is 4.79 Å². The summed E-state index contributed by atoms with van der Waals surface area (Å²) >= 11 is 0. The number of nitrogens with one attached hydrogen (secondary N) is 1. The summed E-state index contributed by atoms with van der Waals surface area (Å²) < 4.78 is 10.4. The summed E-state index contributed by atoms with van der Waals surface area (Å²) in [5, 5.41) is 2.66. The topological polar surface area (TPSA) is 47.6 Å². The Balaban J connectivity index is 2.46. The zero-order chi connectivity index (χ0) is 12.7. The summed E-state index contributed by atoms with van der Waals surface area (Å²) in [5.74, 6) is 0. The van der Waals surface area contributed by atoms with Crippen molar-refractivity contribution in [3.8, 4) is 0 Å². The van der Waals surface area contributed by atoms with Crippen LogP contribution in [0, 0.1) is 0 Å². The van der Waals surface area contributed by atoms with Gasteiger partial charge in [-0.05, 0) is 19.4 Å². The van der Waals surface area contributed by atoms with Crippen molar-refractivity contribution in [1.82, 2.24) is 5.32 Å². The van der Waals surface area contributed by atoms with Crippen molar-refractivity contribution in [1.29, 1.82) is 0 Å². The van der Waals surface area contributed by atoms with E-state index in [1.807, 2.05) is 44.2 Å². The smallest absolute Gasteiger partial charge is 0.407 e. The van der Waals surface area contributed by atoms with Gasteiger partial charge in [0.1, 0.15) is 12.7 Å². The predicted octanol–water partition coefficient (Wildman–Crippen LogP) is 2.51. The lowest BCUT2D eigenvalue weighted by Crippen LogP contribution is -2.31. The molecule has 1 rings (SSSR count). The van der Waals surface area contributed by atoms with Gasteiger partial charge in [0.05, 0.1) is 0 Å². The molecule has 1 N–H and O–H groups in total. The van der Waals surface area contributed by atoms with E-state index in [0.29, 0.717) is 0 Å². The van der Waals surface area contributed by atoms with Gasteiger partial charge in [-0.15, -0.1) is 0 Å². The van der Waals surface area contributed by atoms with Gasteiger partial charge in [0, 0.05) is 13.2 Å². The van der Waals surface area contributed by atoms with Gasteiger partial charge in [0.15, 0.2) is 0 Å². The number of alkyl carbamates (subject to hydrolysis) is 1. The first-order valence-corrected chi connectivity index (χ1v) is 5.64. The molecule has 0 radical (unpaired) electrons. The van der Waals surface area contributed by atoms with Gasteiger partial charge in [-0.2, -0.15) is 0 Å². The number of carbonyl (C=O) groups is 1. The fourth-order valence-electron chi connectivity index (χ4n) is 1.40. The Morgan fingerprint density at radius 3 is 2.47 bits per heavy atom. The fourth-order valence-corrected chi connectivity index (χ4v) is 1.40. The lowest BCUT2D eigenvalue weighted by molar-refractivity contribution is 0.0338. The van der Waals surface area contributed by atoms with Crippen LogP contribution < -0.4 is 5.32 Å². The van der Waals surface area contributed by atoms with E-state index in [9.17, 15) is 4.79 Å². The molecule has 4 heteroatoms. The number of ether oxygens (including phenoxy) is 2. The van der Waals surface area contributed by atoms with E-state index < -0.39 is 6.09 Å². The SMILES string of the molecule is COC(COC(=O)NC(C)C)c1ccccc1. The summed E-state index contributed by atoms with van der Waals surface area (Å²) in [6.45, 7) is 3.97. The second-order valence-corrected chi connectivity index (χ2v) is 4.03. The van der Waals surface area contributed by atoms with Gasteiger partial charge >= 0.3 is 6.09 Å². The molecule has 1 atom stereocenters. The van der Waals surface area contributed by atoms with Crippen LogP contribution >= 0.6 is 0 Å². The largest absolute Gasteiger partial charge is 0.446 e. The average molecular weight is 237 g/mol. The Labute approximate surface area is 102 Å².